The largest absolute Gasteiger partial charge is 0.496 e. The van der Waals surface area contributed by atoms with Gasteiger partial charge in [0.2, 0.25) is 10.0 Å². The summed E-state index contributed by atoms with van der Waals surface area (Å²) in [6.45, 7) is 0.505. The van der Waals surface area contributed by atoms with Gasteiger partial charge in [-0.15, -0.1) is 11.8 Å². The number of ether oxygens (including phenoxy) is 1. The molecule has 1 heterocycles. The molecule has 6 heteroatoms. The Hall–Kier alpha value is -1.50. The van der Waals surface area contributed by atoms with Crippen LogP contribution in [0.3, 0.4) is 0 Å². The van der Waals surface area contributed by atoms with Crippen LogP contribution in [0.25, 0.3) is 0 Å². The molecule has 1 fully saturated rings. The molecule has 1 aliphatic rings. The summed E-state index contributed by atoms with van der Waals surface area (Å²) in [5.74, 6) is 1.49. The van der Waals surface area contributed by atoms with Crippen LogP contribution in [0.1, 0.15) is 10.9 Å². The number of methoxy groups -OCH3 is 1. The van der Waals surface area contributed by atoms with E-state index in [1.165, 1.54) is 0 Å². The van der Waals surface area contributed by atoms with Gasteiger partial charge in [-0.05, 0) is 18.2 Å². The first-order valence-corrected chi connectivity index (χ1v) is 9.45. The topological polar surface area (TPSA) is 46.6 Å². The van der Waals surface area contributed by atoms with Crippen molar-refractivity contribution in [2.75, 3.05) is 19.4 Å². The highest BCUT2D eigenvalue weighted by Gasteiger charge is 2.37. The minimum Gasteiger partial charge on any atom is -0.496 e. The van der Waals surface area contributed by atoms with E-state index in [0.717, 1.165) is 17.1 Å². The summed E-state index contributed by atoms with van der Waals surface area (Å²) in [6, 6.07) is 16.2. The van der Waals surface area contributed by atoms with Crippen LogP contribution in [0.5, 0.6) is 5.75 Å². The number of nitrogens with zero attached hydrogens (tertiary/aromatic N) is 1. The highest BCUT2D eigenvalue weighted by atomic mass is 32.2. The second-order valence-electron chi connectivity index (χ2n) is 4.89. The Balaban J connectivity index is 2.01. The van der Waals surface area contributed by atoms with E-state index in [9.17, 15) is 8.42 Å². The van der Waals surface area contributed by atoms with Crippen LogP contribution < -0.4 is 4.74 Å². The first kappa shape index (κ1) is 15.4. The molecule has 22 heavy (non-hydrogen) atoms. The van der Waals surface area contributed by atoms with Gasteiger partial charge < -0.3 is 4.74 Å². The maximum atomic E-state index is 12.9. The summed E-state index contributed by atoms with van der Waals surface area (Å²) in [4.78, 5) is 0.331. The Labute approximate surface area is 135 Å². The van der Waals surface area contributed by atoms with E-state index >= 15 is 0 Å². The molecule has 0 amide bonds. The number of hydrogen-bond acceptors (Lipinski definition) is 4. The fourth-order valence-corrected chi connectivity index (χ4v) is 5.82. The lowest BCUT2D eigenvalue weighted by molar-refractivity contribution is 0.390. The van der Waals surface area contributed by atoms with E-state index in [1.54, 1.807) is 47.4 Å². The van der Waals surface area contributed by atoms with Gasteiger partial charge in [0.1, 0.15) is 5.75 Å². The van der Waals surface area contributed by atoms with Crippen molar-refractivity contribution >= 4 is 21.8 Å². The van der Waals surface area contributed by atoms with Crippen molar-refractivity contribution in [2.24, 2.45) is 0 Å². The van der Waals surface area contributed by atoms with E-state index < -0.39 is 10.0 Å². The highest BCUT2D eigenvalue weighted by molar-refractivity contribution is 8.01. The first-order valence-electron chi connectivity index (χ1n) is 6.96. The van der Waals surface area contributed by atoms with Crippen molar-refractivity contribution in [3.8, 4) is 5.75 Å². The standard InChI is InChI=1S/C16H17NO3S2/c1-20-15-10-6-5-9-14(15)16-17(11-12-21-16)22(18,19)13-7-3-2-4-8-13/h2-10,16H,11-12H2,1H3/t16-/m1/s1. The Morgan fingerprint density at radius 3 is 2.50 bits per heavy atom. The number of para-hydroxylation sites is 1. The van der Waals surface area contributed by atoms with Crippen molar-refractivity contribution in [1.29, 1.82) is 0 Å². The molecule has 0 radical (unpaired) electrons. The van der Waals surface area contributed by atoms with Crippen LogP contribution in [-0.4, -0.2) is 32.1 Å². The third-order valence-electron chi connectivity index (χ3n) is 3.60. The first-order chi connectivity index (χ1) is 10.6. The van der Waals surface area contributed by atoms with Gasteiger partial charge in [0.05, 0.1) is 17.4 Å². The quantitative estimate of drug-likeness (QED) is 0.861. The molecule has 2 aromatic carbocycles. The van der Waals surface area contributed by atoms with Gasteiger partial charge >= 0.3 is 0 Å². The van der Waals surface area contributed by atoms with E-state index in [2.05, 4.69) is 0 Å². The van der Waals surface area contributed by atoms with E-state index in [1.807, 2.05) is 30.3 Å². The minimum atomic E-state index is -3.50. The number of sulfonamides is 1. The van der Waals surface area contributed by atoms with Gasteiger partial charge in [-0.25, -0.2) is 8.42 Å². The zero-order chi connectivity index (χ0) is 15.6. The molecule has 0 spiro atoms. The average Bonchev–Trinajstić information content (AvgIpc) is 3.06. The van der Waals surface area contributed by atoms with Crippen LogP contribution in [0, 0.1) is 0 Å². The Kier molecular flexibility index (Phi) is 4.42. The van der Waals surface area contributed by atoms with Crippen LogP contribution in [0.4, 0.5) is 0 Å². The van der Waals surface area contributed by atoms with E-state index in [-0.39, 0.29) is 5.37 Å². The minimum absolute atomic E-state index is 0.249. The maximum Gasteiger partial charge on any atom is 0.244 e. The lowest BCUT2D eigenvalue weighted by atomic mass is 10.2. The van der Waals surface area contributed by atoms with Gasteiger partial charge in [-0.3, -0.25) is 0 Å². The molecule has 1 atom stereocenters. The van der Waals surface area contributed by atoms with E-state index in [0.29, 0.717) is 11.4 Å². The number of thioether (sulfide) groups is 1. The summed E-state index contributed by atoms with van der Waals surface area (Å²) < 4.78 is 32.7. The third kappa shape index (κ3) is 2.74. The van der Waals surface area contributed by atoms with Gasteiger partial charge in [-0.2, -0.15) is 4.31 Å². The molecular weight excluding hydrogens is 318 g/mol. The summed E-state index contributed by atoms with van der Waals surface area (Å²) in [5, 5.41) is -0.249. The monoisotopic (exact) mass is 335 g/mol. The Morgan fingerprint density at radius 2 is 1.77 bits per heavy atom. The van der Waals surface area contributed by atoms with Crippen LogP contribution in [0.2, 0.25) is 0 Å². The van der Waals surface area contributed by atoms with Crippen LogP contribution in [0.15, 0.2) is 59.5 Å². The van der Waals surface area contributed by atoms with Crippen LogP contribution in [-0.2, 0) is 10.0 Å². The normalized spacial score (nSPS) is 19.2. The van der Waals surface area contributed by atoms with Gasteiger partial charge in [0.25, 0.3) is 0 Å². The van der Waals surface area contributed by atoms with Gasteiger partial charge in [0.15, 0.2) is 0 Å². The molecule has 116 valence electrons. The Morgan fingerprint density at radius 1 is 1.09 bits per heavy atom. The fraction of sp³-hybridized carbons (Fsp3) is 0.250. The fourth-order valence-electron chi connectivity index (χ4n) is 2.54. The molecule has 0 N–H and O–H groups in total. The molecular formula is C16H17NO3S2. The van der Waals surface area contributed by atoms with Crippen molar-refractivity contribution in [3.05, 3.63) is 60.2 Å². The molecule has 2 aromatic rings. The molecule has 1 aliphatic heterocycles. The van der Waals surface area contributed by atoms with Crippen molar-refractivity contribution in [3.63, 3.8) is 0 Å². The summed E-state index contributed by atoms with van der Waals surface area (Å²) in [7, 11) is -1.90. The zero-order valence-electron chi connectivity index (χ0n) is 12.2. The summed E-state index contributed by atoms with van der Waals surface area (Å²) in [6.07, 6.45) is 0. The molecule has 0 bridgehead atoms. The zero-order valence-corrected chi connectivity index (χ0v) is 13.8. The second-order valence-corrected chi connectivity index (χ2v) is 7.97. The Bertz CT molecular complexity index is 747. The van der Waals surface area contributed by atoms with Crippen molar-refractivity contribution in [2.45, 2.75) is 10.3 Å². The molecule has 0 unspecified atom stereocenters. The average molecular weight is 335 g/mol. The molecule has 1 saturated heterocycles. The molecule has 0 saturated carbocycles. The molecule has 0 aliphatic carbocycles. The summed E-state index contributed by atoms with van der Waals surface area (Å²) in [5.41, 5.74) is 0.895. The summed E-state index contributed by atoms with van der Waals surface area (Å²) >= 11 is 1.62. The van der Waals surface area contributed by atoms with Gasteiger partial charge in [-0.1, -0.05) is 36.4 Å². The molecule has 4 nitrogen and oxygen atoms in total. The predicted molar refractivity (Wildman–Crippen MR) is 88.5 cm³/mol. The number of hydrogen-bond donors (Lipinski definition) is 0. The predicted octanol–water partition coefficient (Wildman–Crippen LogP) is 3.13. The lowest BCUT2D eigenvalue weighted by Gasteiger charge is -2.24. The number of rotatable bonds is 4. The maximum absolute atomic E-state index is 12.9. The van der Waals surface area contributed by atoms with E-state index in [4.69, 9.17) is 4.74 Å². The SMILES string of the molecule is COc1ccccc1[C@H]1SCCN1S(=O)(=O)c1ccccc1. The second kappa shape index (κ2) is 6.32. The van der Waals surface area contributed by atoms with Gasteiger partial charge in [0, 0.05) is 17.9 Å². The molecule has 0 aromatic heterocycles. The smallest absolute Gasteiger partial charge is 0.244 e. The number of benzene rings is 2. The van der Waals surface area contributed by atoms with Crippen molar-refractivity contribution < 1.29 is 13.2 Å². The van der Waals surface area contributed by atoms with Crippen LogP contribution >= 0.6 is 11.8 Å². The molecule has 3 rings (SSSR count). The third-order valence-corrected chi connectivity index (χ3v) is 6.86. The van der Waals surface area contributed by atoms with Crippen molar-refractivity contribution in [1.82, 2.24) is 4.31 Å². The lowest BCUT2D eigenvalue weighted by Crippen LogP contribution is -2.30. The highest BCUT2D eigenvalue weighted by Crippen LogP contribution is 2.44.